The molecule has 0 bridgehead atoms. The van der Waals surface area contributed by atoms with E-state index in [1.807, 2.05) is 45.9 Å². The van der Waals surface area contributed by atoms with Crippen molar-refractivity contribution < 1.29 is 23.5 Å². The smallest absolute Gasteiger partial charge is 0.457 e. The van der Waals surface area contributed by atoms with Gasteiger partial charge in [0.1, 0.15) is 11.5 Å². The molecular formula is C25H30BNO5. The molecule has 2 aliphatic rings. The third-order valence-electron chi connectivity index (χ3n) is 6.39. The molecule has 2 saturated heterocycles. The van der Waals surface area contributed by atoms with E-state index in [-0.39, 0.29) is 6.29 Å². The normalized spacial score (nSPS) is 21.8. The van der Waals surface area contributed by atoms with Gasteiger partial charge in [0, 0.05) is 6.61 Å². The molecule has 1 unspecified atom stereocenters. The fourth-order valence-electron chi connectivity index (χ4n) is 3.72. The van der Waals surface area contributed by atoms with E-state index in [0.29, 0.717) is 23.8 Å². The van der Waals surface area contributed by atoms with Crippen molar-refractivity contribution in [1.82, 2.24) is 0 Å². The Balaban J connectivity index is 1.57. The summed E-state index contributed by atoms with van der Waals surface area (Å²) in [6.45, 7) is 16.4. The Hall–Kier alpha value is -2.37. The molecule has 2 fully saturated rings. The van der Waals surface area contributed by atoms with Crippen molar-refractivity contribution in [3.63, 3.8) is 0 Å². The highest BCUT2D eigenvalue weighted by atomic mass is 16.7. The van der Waals surface area contributed by atoms with Crippen LogP contribution in [0, 0.1) is 6.57 Å². The lowest BCUT2D eigenvalue weighted by Gasteiger charge is -2.32. The fourth-order valence-corrected chi connectivity index (χ4v) is 3.72. The van der Waals surface area contributed by atoms with Crippen LogP contribution in [0.3, 0.4) is 0 Å². The van der Waals surface area contributed by atoms with Crippen LogP contribution in [-0.4, -0.2) is 31.2 Å². The number of benzene rings is 2. The minimum absolute atomic E-state index is 0.194. The lowest BCUT2D eigenvalue weighted by molar-refractivity contribution is -0.168. The Morgan fingerprint density at radius 3 is 2.31 bits per heavy atom. The summed E-state index contributed by atoms with van der Waals surface area (Å²) in [5, 5.41) is 0. The van der Waals surface area contributed by atoms with Gasteiger partial charge in [0.05, 0.1) is 24.4 Å². The van der Waals surface area contributed by atoms with Gasteiger partial charge in [0.25, 0.3) is 0 Å². The van der Waals surface area contributed by atoms with Crippen LogP contribution < -0.4 is 10.2 Å². The van der Waals surface area contributed by atoms with Crippen LogP contribution in [0.1, 0.15) is 52.5 Å². The van der Waals surface area contributed by atoms with Crippen molar-refractivity contribution in [1.29, 1.82) is 0 Å². The average molecular weight is 435 g/mol. The molecule has 0 aliphatic carbocycles. The first-order chi connectivity index (χ1) is 15.3. The van der Waals surface area contributed by atoms with Gasteiger partial charge in [-0.2, -0.15) is 0 Å². The lowest BCUT2D eigenvalue weighted by atomic mass is 9.76. The van der Waals surface area contributed by atoms with Crippen molar-refractivity contribution >= 4 is 18.3 Å². The van der Waals surface area contributed by atoms with E-state index in [1.54, 1.807) is 24.3 Å². The van der Waals surface area contributed by atoms with Crippen LogP contribution in [0.15, 0.2) is 42.5 Å². The van der Waals surface area contributed by atoms with Gasteiger partial charge in [-0.05, 0) is 82.2 Å². The van der Waals surface area contributed by atoms with E-state index in [4.69, 9.17) is 30.1 Å². The zero-order valence-electron chi connectivity index (χ0n) is 19.2. The SMILES string of the molecule is [C-]#[N+]c1ccc(Oc2ccc(B3OC(C)(C)C(C)(C)O3)c(COC3CCCCO3)c2)cc1. The van der Waals surface area contributed by atoms with Crippen molar-refractivity contribution in [2.75, 3.05) is 6.61 Å². The average Bonchev–Trinajstić information content (AvgIpc) is 3.00. The zero-order chi connectivity index (χ0) is 22.8. The predicted molar refractivity (Wildman–Crippen MR) is 123 cm³/mol. The molecule has 4 rings (SSSR count). The quantitative estimate of drug-likeness (QED) is 0.451. The predicted octanol–water partition coefficient (Wildman–Crippen LogP) is 5.37. The van der Waals surface area contributed by atoms with E-state index < -0.39 is 18.3 Å². The molecule has 7 heteroatoms. The van der Waals surface area contributed by atoms with Crippen LogP contribution in [0.5, 0.6) is 11.5 Å². The maximum absolute atomic E-state index is 7.09. The molecule has 0 aromatic heterocycles. The van der Waals surface area contributed by atoms with Gasteiger partial charge < -0.3 is 23.5 Å². The van der Waals surface area contributed by atoms with Crippen LogP contribution in [0.4, 0.5) is 5.69 Å². The number of rotatable bonds is 6. The van der Waals surface area contributed by atoms with Crippen molar-refractivity contribution in [3.8, 4) is 11.5 Å². The number of nitrogens with zero attached hydrogens (tertiary/aromatic N) is 1. The summed E-state index contributed by atoms with van der Waals surface area (Å²) < 4.78 is 30.4. The van der Waals surface area contributed by atoms with E-state index in [9.17, 15) is 0 Å². The van der Waals surface area contributed by atoms with Crippen LogP contribution in [0.25, 0.3) is 4.85 Å². The Morgan fingerprint density at radius 2 is 1.69 bits per heavy atom. The zero-order valence-corrected chi connectivity index (χ0v) is 19.2. The Morgan fingerprint density at radius 1 is 1.00 bits per heavy atom. The van der Waals surface area contributed by atoms with E-state index in [0.717, 1.165) is 36.9 Å². The van der Waals surface area contributed by atoms with Crippen molar-refractivity contribution in [2.45, 2.75) is 71.1 Å². The van der Waals surface area contributed by atoms with Gasteiger partial charge in [0.15, 0.2) is 12.0 Å². The monoisotopic (exact) mass is 435 g/mol. The minimum Gasteiger partial charge on any atom is -0.457 e. The first-order valence-corrected chi connectivity index (χ1v) is 11.1. The number of ether oxygens (including phenoxy) is 3. The second-order valence-corrected chi connectivity index (χ2v) is 9.26. The van der Waals surface area contributed by atoms with Crippen LogP contribution >= 0.6 is 0 Å². The standard InChI is InChI=1S/C25H30BNO5/c1-24(2)25(3,4)32-26(31-24)22-14-13-21(30-20-11-9-19(27-5)10-12-20)16-18(22)17-29-23-8-6-7-15-28-23/h9-14,16,23H,6-8,15,17H2,1-4H3. The summed E-state index contributed by atoms with van der Waals surface area (Å²) in [6, 6.07) is 12.9. The number of hydrogen-bond donors (Lipinski definition) is 0. The van der Waals surface area contributed by atoms with Gasteiger partial charge in [-0.3, -0.25) is 0 Å². The third kappa shape index (κ3) is 5.00. The molecule has 0 amide bonds. The molecule has 0 N–H and O–H groups in total. The van der Waals surface area contributed by atoms with Gasteiger partial charge in [-0.15, -0.1) is 0 Å². The highest BCUT2D eigenvalue weighted by Crippen LogP contribution is 2.37. The maximum atomic E-state index is 7.09. The van der Waals surface area contributed by atoms with Gasteiger partial charge >= 0.3 is 7.12 Å². The molecule has 168 valence electrons. The molecule has 1 atom stereocenters. The summed E-state index contributed by atoms with van der Waals surface area (Å²) in [4.78, 5) is 3.42. The summed E-state index contributed by atoms with van der Waals surface area (Å²) in [6.07, 6.45) is 2.89. The lowest BCUT2D eigenvalue weighted by Crippen LogP contribution is -2.41. The van der Waals surface area contributed by atoms with Gasteiger partial charge in [-0.1, -0.05) is 18.2 Å². The summed E-state index contributed by atoms with van der Waals surface area (Å²) in [5.41, 5.74) is 1.59. The Bertz CT molecular complexity index is 961. The van der Waals surface area contributed by atoms with Gasteiger partial charge in [0.2, 0.25) is 0 Å². The van der Waals surface area contributed by atoms with E-state index in [1.165, 1.54) is 0 Å². The topological polar surface area (TPSA) is 50.5 Å². The molecule has 2 aromatic carbocycles. The third-order valence-corrected chi connectivity index (χ3v) is 6.39. The summed E-state index contributed by atoms with van der Waals surface area (Å²) >= 11 is 0. The molecule has 0 radical (unpaired) electrons. The molecule has 32 heavy (non-hydrogen) atoms. The maximum Gasteiger partial charge on any atom is 0.495 e. The Kier molecular flexibility index (Phi) is 6.59. The van der Waals surface area contributed by atoms with Crippen molar-refractivity contribution in [3.05, 3.63) is 59.4 Å². The second kappa shape index (κ2) is 9.25. The molecule has 0 spiro atoms. The van der Waals surface area contributed by atoms with E-state index in [2.05, 4.69) is 4.85 Å². The van der Waals surface area contributed by atoms with Crippen LogP contribution in [-0.2, 0) is 25.4 Å². The van der Waals surface area contributed by atoms with Crippen LogP contribution in [0.2, 0.25) is 0 Å². The number of hydrogen-bond acceptors (Lipinski definition) is 5. The molecular weight excluding hydrogens is 405 g/mol. The highest BCUT2D eigenvalue weighted by molar-refractivity contribution is 6.62. The van der Waals surface area contributed by atoms with Gasteiger partial charge in [-0.25, -0.2) is 4.85 Å². The molecule has 2 heterocycles. The Labute approximate surface area is 190 Å². The summed E-state index contributed by atoms with van der Waals surface area (Å²) in [5.74, 6) is 1.35. The van der Waals surface area contributed by atoms with Crippen molar-refractivity contribution in [2.24, 2.45) is 0 Å². The molecule has 2 aromatic rings. The first-order valence-electron chi connectivity index (χ1n) is 11.1. The first kappa shape index (κ1) is 22.8. The molecule has 6 nitrogen and oxygen atoms in total. The highest BCUT2D eigenvalue weighted by Gasteiger charge is 2.52. The molecule has 2 aliphatic heterocycles. The minimum atomic E-state index is -0.488. The second-order valence-electron chi connectivity index (χ2n) is 9.26. The van der Waals surface area contributed by atoms with E-state index >= 15 is 0 Å². The fraction of sp³-hybridized carbons (Fsp3) is 0.480. The molecule has 0 saturated carbocycles. The summed E-state index contributed by atoms with van der Waals surface area (Å²) in [7, 11) is -0.488. The largest absolute Gasteiger partial charge is 0.495 e.